The van der Waals surface area contributed by atoms with Gasteiger partial charge >= 0.3 is 7.60 Å². The summed E-state index contributed by atoms with van der Waals surface area (Å²) in [4.78, 5) is 11.3. The minimum absolute atomic E-state index is 0.0144. The highest BCUT2D eigenvalue weighted by Crippen LogP contribution is 2.49. The molecular formula is C9H20NO5P. The van der Waals surface area contributed by atoms with E-state index in [0.29, 0.717) is 0 Å². The van der Waals surface area contributed by atoms with Crippen molar-refractivity contribution in [3.63, 3.8) is 0 Å². The molecule has 1 unspecified atom stereocenters. The first-order chi connectivity index (χ1) is 7.49. The molecule has 7 heteroatoms. The molecule has 0 aromatic rings. The quantitative estimate of drug-likeness (QED) is 0.497. The van der Waals surface area contributed by atoms with E-state index in [1.807, 2.05) is 0 Å². The van der Waals surface area contributed by atoms with Crippen molar-refractivity contribution in [2.24, 2.45) is 5.92 Å². The van der Waals surface area contributed by atoms with E-state index in [1.165, 1.54) is 0 Å². The molecule has 6 nitrogen and oxygen atoms in total. The standard InChI is InChI=1S/C9H20NO5P/c1-4-14-16(13,15-5-2)6-8(3)9(12)10-7-11/h8,11H,4-7H2,1-3H3,(H,10,12). The summed E-state index contributed by atoms with van der Waals surface area (Å²) < 4.78 is 22.2. The van der Waals surface area contributed by atoms with E-state index in [-0.39, 0.29) is 25.3 Å². The van der Waals surface area contributed by atoms with Crippen molar-refractivity contribution in [1.29, 1.82) is 0 Å². The summed E-state index contributed by atoms with van der Waals surface area (Å²) in [5.74, 6) is -0.904. The van der Waals surface area contributed by atoms with Crippen molar-refractivity contribution >= 4 is 13.5 Å². The number of nitrogens with one attached hydrogen (secondary N) is 1. The monoisotopic (exact) mass is 253 g/mol. The van der Waals surface area contributed by atoms with Crippen molar-refractivity contribution in [3.8, 4) is 0 Å². The molecule has 1 amide bonds. The molecule has 0 spiro atoms. The van der Waals surface area contributed by atoms with Crippen molar-refractivity contribution in [3.05, 3.63) is 0 Å². The SMILES string of the molecule is CCOP(=O)(CC(C)C(=O)NCO)OCC. The van der Waals surface area contributed by atoms with Gasteiger partial charge in [0.1, 0.15) is 6.73 Å². The van der Waals surface area contributed by atoms with Gasteiger partial charge in [-0.1, -0.05) is 6.92 Å². The van der Waals surface area contributed by atoms with E-state index in [1.54, 1.807) is 20.8 Å². The fourth-order valence-corrected chi connectivity index (χ4v) is 3.12. The number of rotatable bonds is 8. The second-order valence-electron chi connectivity index (χ2n) is 3.23. The molecule has 0 aromatic carbocycles. The smallest absolute Gasteiger partial charge is 0.331 e. The molecule has 0 aliphatic rings. The van der Waals surface area contributed by atoms with E-state index in [9.17, 15) is 9.36 Å². The zero-order valence-corrected chi connectivity index (χ0v) is 10.8. The predicted octanol–water partition coefficient (Wildman–Crippen LogP) is 0.955. The van der Waals surface area contributed by atoms with Gasteiger partial charge in [-0.05, 0) is 13.8 Å². The number of carbonyl (C=O) groups excluding carboxylic acids is 1. The zero-order chi connectivity index (χ0) is 12.6. The molecule has 0 aliphatic heterocycles. The van der Waals surface area contributed by atoms with Crippen LogP contribution < -0.4 is 5.32 Å². The molecule has 0 saturated heterocycles. The maximum Gasteiger partial charge on any atom is 0.331 e. The molecule has 0 radical (unpaired) electrons. The summed E-state index contributed by atoms with van der Waals surface area (Å²) in [7, 11) is -3.20. The van der Waals surface area contributed by atoms with E-state index in [4.69, 9.17) is 14.2 Å². The number of aliphatic hydroxyl groups excluding tert-OH is 1. The zero-order valence-electron chi connectivity index (χ0n) is 9.93. The summed E-state index contributed by atoms with van der Waals surface area (Å²) in [5, 5.41) is 10.8. The third-order valence-electron chi connectivity index (χ3n) is 1.85. The lowest BCUT2D eigenvalue weighted by atomic mass is 10.2. The summed E-state index contributed by atoms with van der Waals surface area (Å²) in [6, 6.07) is 0. The average Bonchev–Trinajstić information content (AvgIpc) is 2.18. The Hall–Kier alpha value is -0.420. The Morgan fingerprint density at radius 1 is 1.38 bits per heavy atom. The third kappa shape index (κ3) is 5.61. The summed E-state index contributed by atoms with van der Waals surface area (Å²) >= 11 is 0. The second kappa shape index (κ2) is 7.79. The molecule has 0 aromatic heterocycles. The van der Waals surface area contributed by atoms with Gasteiger partial charge in [0.15, 0.2) is 0 Å². The number of aliphatic hydroxyl groups is 1. The Morgan fingerprint density at radius 3 is 2.25 bits per heavy atom. The normalized spacial score (nSPS) is 13.5. The Morgan fingerprint density at radius 2 is 1.88 bits per heavy atom. The summed E-state index contributed by atoms with van der Waals surface area (Å²) in [6.07, 6.45) is 0.0144. The van der Waals surface area contributed by atoms with E-state index >= 15 is 0 Å². The lowest BCUT2D eigenvalue weighted by Gasteiger charge is -2.19. The minimum atomic E-state index is -3.20. The van der Waals surface area contributed by atoms with Crippen molar-refractivity contribution < 1.29 is 23.5 Å². The second-order valence-corrected chi connectivity index (χ2v) is 5.33. The van der Waals surface area contributed by atoms with E-state index in [0.717, 1.165) is 0 Å². The highest BCUT2D eigenvalue weighted by molar-refractivity contribution is 7.53. The first-order valence-electron chi connectivity index (χ1n) is 5.25. The van der Waals surface area contributed by atoms with Gasteiger partial charge in [0.05, 0.1) is 19.4 Å². The maximum atomic E-state index is 12.0. The molecule has 1 atom stereocenters. The van der Waals surface area contributed by atoms with Crippen LogP contribution >= 0.6 is 7.60 Å². The van der Waals surface area contributed by atoms with Crippen LogP contribution in [0.2, 0.25) is 0 Å². The van der Waals surface area contributed by atoms with Crippen LogP contribution in [0.5, 0.6) is 0 Å². The van der Waals surface area contributed by atoms with Gasteiger partial charge < -0.3 is 19.5 Å². The molecule has 96 valence electrons. The lowest BCUT2D eigenvalue weighted by molar-refractivity contribution is -0.125. The Balaban J connectivity index is 4.38. The fourth-order valence-electron chi connectivity index (χ4n) is 1.21. The molecule has 0 heterocycles. The van der Waals surface area contributed by atoms with Crippen LogP contribution in [0, 0.1) is 5.92 Å². The van der Waals surface area contributed by atoms with Gasteiger partial charge in [-0.3, -0.25) is 9.36 Å². The van der Waals surface area contributed by atoms with Crippen LogP contribution in [0.15, 0.2) is 0 Å². The fraction of sp³-hybridized carbons (Fsp3) is 0.889. The lowest BCUT2D eigenvalue weighted by Crippen LogP contribution is -2.31. The Kier molecular flexibility index (Phi) is 7.58. The van der Waals surface area contributed by atoms with Crippen LogP contribution in [-0.2, 0) is 18.4 Å². The molecule has 0 saturated carbocycles. The molecule has 16 heavy (non-hydrogen) atoms. The van der Waals surface area contributed by atoms with Crippen molar-refractivity contribution in [1.82, 2.24) is 5.32 Å². The first-order valence-corrected chi connectivity index (χ1v) is 6.98. The predicted molar refractivity (Wildman–Crippen MR) is 60.1 cm³/mol. The van der Waals surface area contributed by atoms with Crippen LogP contribution in [0.3, 0.4) is 0 Å². The molecule has 0 bridgehead atoms. The summed E-state index contributed by atoms with van der Waals surface area (Å²) in [6.45, 7) is 5.14. The van der Waals surface area contributed by atoms with Crippen LogP contribution in [0.1, 0.15) is 20.8 Å². The Bertz CT molecular complexity index is 248. The van der Waals surface area contributed by atoms with Gasteiger partial charge in [0.2, 0.25) is 5.91 Å². The van der Waals surface area contributed by atoms with Crippen LogP contribution in [-0.4, -0.2) is 37.1 Å². The van der Waals surface area contributed by atoms with Crippen LogP contribution in [0.25, 0.3) is 0 Å². The number of hydrogen-bond acceptors (Lipinski definition) is 5. The minimum Gasteiger partial charge on any atom is -0.377 e. The number of hydrogen-bond donors (Lipinski definition) is 2. The highest BCUT2D eigenvalue weighted by Gasteiger charge is 2.29. The van der Waals surface area contributed by atoms with Gasteiger partial charge in [0, 0.05) is 5.92 Å². The third-order valence-corrected chi connectivity index (χ3v) is 4.15. The average molecular weight is 253 g/mol. The first kappa shape index (κ1) is 15.6. The molecule has 0 aliphatic carbocycles. The summed E-state index contributed by atoms with van der Waals surface area (Å²) in [5.41, 5.74) is 0. The van der Waals surface area contributed by atoms with Gasteiger partial charge in [-0.25, -0.2) is 0 Å². The largest absolute Gasteiger partial charge is 0.377 e. The molecular weight excluding hydrogens is 233 g/mol. The molecule has 0 fully saturated rings. The topological polar surface area (TPSA) is 84.9 Å². The van der Waals surface area contributed by atoms with Crippen LogP contribution in [0.4, 0.5) is 0 Å². The molecule has 0 rings (SSSR count). The van der Waals surface area contributed by atoms with Gasteiger partial charge in [-0.15, -0.1) is 0 Å². The highest BCUT2D eigenvalue weighted by atomic mass is 31.2. The van der Waals surface area contributed by atoms with Crippen molar-refractivity contribution in [2.75, 3.05) is 26.1 Å². The van der Waals surface area contributed by atoms with E-state index in [2.05, 4.69) is 5.32 Å². The Labute approximate surface area is 95.9 Å². The van der Waals surface area contributed by atoms with E-state index < -0.39 is 20.2 Å². The number of amides is 1. The van der Waals surface area contributed by atoms with Gasteiger partial charge in [0.25, 0.3) is 0 Å². The number of carbonyl (C=O) groups is 1. The van der Waals surface area contributed by atoms with Gasteiger partial charge in [-0.2, -0.15) is 0 Å². The molecule has 2 N–H and O–H groups in total. The van der Waals surface area contributed by atoms with Crippen molar-refractivity contribution in [2.45, 2.75) is 20.8 Å². The maximum absolute atomic E-state index is 12.0.